The summed E-state index contributed by atoms with van der Waals surface area (Å²) < 4.78 is 10.7. The Hall–Kier alpha value is -3.26. The number of carbonyl (C=O) groups excluding carboxylic acids is 3. The van der Waals surface area contributed by atoms with Gasteiger partial charge in [-0.2, -0.15) is 0 Å². The summed E-state index contributed by atoms with van der Waals surface area (Å²) in [5.74, 6) is 0.515. The molecule has 0 saturated heterocycles. The van der Waals surface area contributed by atoms with Crippen LogP contribution in [0, 0.1) is 12.8 Å². The largest absolute Gasteiger partial charge is 0.496 e. The van der Waals surface area contributed by atoms with Gasteiger partial charge < -0.3 is 25.0 Å². The minimum Gasteiger partial charge on any atom is -0.496 e. The predicted octanol–water partition coefficient (Wildman–Crippen LogP) is 5.84. The van der Waals surface area contributed by atoms with Gasteiger partial charge in [0.1, 0.15) is 11.4 Å². The molecule has 4 rings (SSSR count). The summed E-state index contributed by atoms with van der Waals surface area (Å²) in [4.78, 5) is 40.3. The second-order valence-electron chi connectivity index (χ2n) is 11.0. The highest BCUT2D eigenvalue weighted by Crippen LogP contribution is 2.37. The van der Waals surface area contributed by atoms with E-state index in [-0.39, 0.29) is 30.3 Å². The van der Waals surface area contributed by atoms with Crippen LogP contribution in [0.2, 0.25) is 5.02 Å². The molecule has 38 heavy (non-hydrogen) atoms. The molecule has 204 valence electrons. The number of nitrogens with one attached hydrogen (secondary N) is 2. The fraction of sp³-hybridized carbons (Fsp3) is 0.483. The quantitative estimate of drug-likeness (QED) is 0.479. The highest BCUT2D eigenvalue weighted by atomic mass is 35.5. The molecule has 1 heterocycles. The van der Waals surface area contributed by atoms with Gasteiger partial charge in [0.25, 0.3) is 5.91 Å². The van der Waals surface area contributed by atoms with Crippen LogP contribution in [0.1, 0.15) is 73.5 Å². The van der Waals surface area contributed by atoms with E-state index in [1.54, 1.807) is 33.9 Å². The Morgan fingerprint density at radius 1 is 1.11 bits per heavy atom. The van der Waals surface area contributed by atoms with Crippen LogP contribution in [-0.4, -0.2) is 41.6 Å². The average molecular weight is 542 g/mol. The zero-order chi connectivity index (χ0) is 27.6. The van der Waals surface area contributed by atoms with E-state index >= 15 is 0 Å². The van der Waals surface area contributed by atoms with Crippen LogP contribution in [-0.2, 0) is 22.6 Å². The zero-order valence-corrected chi connectivity index (χ0v) is 23.4. The Morgan fingerprint density at radius 2 is 1.82 bits per heavy atom. The number of aryl methyl sites for hydroxylation is 1. The first-order chi connectivity index (χ1) is 18.0. The van der Waals surface area contributed by atoms with Gasteiger partial charge >= 0.3 is 6.09 Å². The molecule has 8 nitrogen and oxygen atoms in total. The lowest BCUT2D eigenvalue weighted by Gasteiger charge is -2.34. The summed E-state index contributed by atoms with van der Waals surface area (Å²) in [6, 6.07) is 9.20. The van der Waals surface area contributed by atoms with Crippen LogP contribution >= 0.6 is 11.6 Å². The first-order valence-corrected chi connectivity index (χ1v) is 13.4. The normalized spacial score (nSPS) is 19.1. The van der Waals surface area contributed by atoms with Crippen molar-refractivity contribution in [3.05, 3.63) is 57.6 Å². The summed E-state index contributed by atoms with van der Waals surface area (Å²) in [6.45, 7) is 8.05. The van der Waals surface area contributed by atoms with Crippen molar-refractivity contribution in [1.82, 2.24) is 10.2 Å². The first-order valence-electron chi connectivity index (χ1n) is 13.0. The molecule has 2 aromatic rings. The van der Waals surface area contributed by atoms with Gasteiger partial charge in [-0.15, -0.1) is 0 Å². The zero-order valence-electron chi connectivity index (χ0n) is 22.7. The van der Waals surface area contributed by atoms with Gasteiger partial charge in [0.2, 0.25) is 5.91 Å². The molecule has 0 unspecified atom stereocenters. The number of rotatable bonds is 6. The van der Waals surface area contributed by atoms with Crippen molar-refractivity contribution in [1.29, 1.82) is 0 Å². The Morgan fingerprint density at radius 3 is 2.47 bits per heavy atom. The number of methoxy groups -OCH3 is 1. The lowest BCUT2D eigenvalue weighted by atomic mass is 9.84. The molecule has 1 aliphatic heterocycles. The van der Waals surface area contributed by atoms with Gasteiger partial charge in [0, 0.05) is 36.8 Å². The number of anilines is 1. The van der Waals surface area contributed by atoms with E-state index in [1.807, 2.05) is 36.1 Å². The molecule has 3 amide bonds. The topological polar surface area (TPSA) is 97.0 Å². The number of amides is 3. The van der Waals surface area contributed by atoms with Gasteiger partial charge in [-0.25, -0.2) is 4.79 Å². The third-order valence-corrected chi connectivity index (χ3v) is 7.48. The van der Waals surface area contributed by atoms with E-state index in [2.05, 4.69) is 10.6 Å². The second kappa shape index (κ2) is 11.2. The van der Waals surface area contributed by atoms with Crippen molar-refractivity contribution < 1.29 is 23.9 Å². The van der Waals surface area contributed by atoms with Gasteiger partial charge in [-0.1, -0.05) is 23.7 Å². The second-order valence-corrected chi connectivity index (χ2v) is 11.4. The number of benzene rings is 2. The molecular weight excluding hydrogens is 506 g/mol. The number of ether oxygens (including phenoxy) is 2. The van der Waals surface area contributed by atoms with E-state index in [0.717, 1.165) is 35.3 Å². The van der Waals surface area contributed by atoms with Gasteiger partial charge in [0.15, 0.2) is 0 Å². The summed E-state index contributed by atoms with van der Waals surface area (Å²) in [5.41, 5.74) is 3.31. The molecule has 1 fully saturated rings. The lowest BCUT2D eigenvalue weighted by molar-refractivity contribution is -0.121. The molecule has 0 atom stereocenters. The highest BCUT2D eigenvalue weighted by Gasteiger charge is 2.38. The Balaban J connectivity index is 1.37. The summed E-state index contributed by atoms with van der Waals surface area (Å²) >= 11 is 6.44. The van der Waals surface area contributed by atoms with Crippen molar-refractivity contribution in [2.24, 2.45) is 5.92 Å². The minimum atomic E-state index is -0.596. The fourth-order valence-electron chi connectivity index (χ4n) is 5.19. The lowest BCUT2D eigenvalue weighted by Crippen LogP contribution is -2.40. The third kappa shape index (κ3) is 6.23. The molecule has 1 saturated carbocycles. The number of nitrogens with zero attached hydrogens (tertiary/aromatic N) is 1. The number of alkyl carbamates (subject to hydrolysis) is 1. The molecule has 0 aromatic heterocycles. The van der Waals surface area contributed by atoms with E-state index in [4.69, 9.17) is 21.1 Å². The van der Waals surface area contributed by atoms with Crippen molar-refractivity contribution in [2.45, 2.75) is 78.1 Å². The highest BCUT2D eigenvalue weighted by molar-refractivity contribution is 6.34. The third-order valence-electron chi connectivity index (χ3n) is 7.17. The van der Waals surface area contributed by atoms with E-state index < -0.39 is 11.7 Å². The van der Waals surface area contributed by atoms with Crippen molar-refractivity contribution in [3.8, 4) is 5.75 Å². The van der Waals surface area contributed by atoms with E-state index in [9.17, 15) is 14.4 Å². The summed E-state index contributed by atoms with van der Waals surface area (Å²) in [5, 5.41) is 6.20. The Kier molecular flexibility index (Phi) is 8.21. The summed E-state index contributed by atoms with van der Waals surface area (Å²) in [6.07, 6.45) is 2.35. The predicted molar refractivity (Wildman–Crippen MR) is 147 cm³/mol. The maximum Gasteiger partial charge on any atom is 0.407 e. The van der Waals surface area contributed by atoms with E-state index in [0.29, 0.717) is 35.7 Å². The van der Waals surface area contributed by atoms with Gasteiger partial charge in [-0.05, 0) is 82.2 Å². The molecule has 2 aliphatic rings. The molecule has 0 spiro atoms. The molecule has 1 aliphatic carbocycles. The average Bonchev–Trinajstić information content (AvgIpc) is 3.22. The smallest absolute Gasteiger partial charge is 0.407 e. The number of fused-ring (bicyclic) bond motifs is 1. The maximum absolute atomic E-state index is 13.4. The van der Waals surface area contributed by atoms with Crippen LogP contribution in [0.15, 0.2) is 30.3 Å². The molecular formula is C29H36ClN3O5. The number of hydrogen-bond donors (Lipinski definition) is 2. The molecule has 2 N–H and O–H groups in total. The Labute approximate surface area is 229 Å². The molecule has 9 heteroatoms. The van der Waals surface area contributed by atoms with E-state index in [1.165, 1.54) is 0 Å². The summed E-state index contributed by atoms with van der Waals surface area (Å²) in [7, 11) is 1.61. The Bertz CT molecular complexity index is 1230. The monoisotopic (exact) mass is 541 g/mol. The SMILES string of the molecule is COc1cc(NC(=O)C2CCC(N3Cc4c(CNC(=O)OC(C)(C)C)ccc(Cl)c4C3=O)CC2)ccc1C. The first kappa shape index (κ1) is 27.8. The minimum absolute atomic E-state index is 0.0102. The number of hydrogen-bond acceptors (Lipinski definition) is 5. The van der Waals surface area contributed by atoms with Gasteiger partial charge in [0.05, 0.1) is 17.7 Å². The standard InChI is InChI=1S/C29H36ClN3O5/c1-17-6-10-20(14-24(17)37-5)32-26(34)18-7-11-21(12-8-18)33-16-22-19(9-13-23(30)25(22)27(33)35)15-31-28(36)38-29(2,3)4/h6,9-10,13-14,18,21H,7-8,11-12,15-16H2,1-5H3,(H,31,36)(H,32,34). The number of carbonyl (C=O) groups is 3. The molecule has 2 aromatic carbocycles. The van der Waals surface area contributed by atoms with Gasteiger partial charge in [-0.3, -0.25) is 9.59 Å². The number of halogens is 1. The fourth-order valence-corrected chi connectivity index (χ4v) is 5.45. The van der Waals surface area contributed by atoms with Crippen molar-refractivity contribution in [3.63, 3.8) is 0 Å². The molecule has 0 bridgehead atoms. The molecule has 0 radical (unpaired) electrons. The van der Waals surface area contributed by atoms with Crippen LogP contribution < -0.4 is 15.4 Å². The maximum atomic E-state index is 13.4. The van der Waals surface area contributed by atoms with Crippen LogP contribution in [0.5, 0.6) is 5.75 Å². The van der Waals surface area contributed by atoms with Crippen LogP contribution in [0.4, 0.5) is 10.5 Å². The van der Waals surface area contributed by atoms with Crippen LogP contribution in [0.3, 0.4) is 0 Å². The van der Waals surface area contributed by atoms with Crippen LogP contribution in [0.25, 0.3) is 0 Å². The van der Waals surface area contributed by atoms with Crippen molar-refractivity contribution >= 4 is 35.2 Å². The van der Waals surface area contributed by atoms with Crippen molar-refractivity contribution in [2.75, 3.05) is 12.4 Å².